The predicted molar refractivity (Wildman–Crippen MR) is 86.1 cm³/mol. The van der Waals surface area contributed by atoms with Crippen molar-refractivity contribution < 1.29 is 14.3 Å². The molecule has 2 aromatic carbocycles. The summed E-state index contributed by atoms with van der Waals surface area (Å²) in [5, 5.41) is 11.6. The normalized spacial score (nSPS) is 9.74. The van der Waals surface area contributed by atoms with Crippen molar-refractivity contribution >= 4 is 17.6 Å². The van der Waals surface area contributed by atoms with E-state index in [2.05, 4.69) is 5.32 Å². The predicted octanol–water partition coefficient (Wildman–Crippen LogP) is 3.38. The second-order valence-corrected chi connectivity index (χ2v) is 4.86. The molecular weight excluding hydrogens is 292 g/mol. The fraction of sp³-hybridized carbons (Fsp3) is 0.167. The lowest BCUT2D eigenvalue weighted by atomic mass is 10.1. The fourth-order valence-electron chi connectivity index (χ4n) is 1.90. The highest BCUT2D eigenvalue weighted by Gasteiger charge is 2.09. The highest BCUT2D eigenvalue weighted by molar-refractivity contribution is 6.04. The summed E-state index contributed by atoms with van der Waals surface area (Å²) in [6, 6.07) is 14.9. The zero-order chi connectivity index (χ0) is 16.7. The van der Waals surface area contributed by atoms with Gasteiger partial charge in [0, 0.05) is 11.3 Å². The number of nitrogens with one attached hydrogen (secondary N) is 1. The maximum atomic E-state index is 12.1. The molecule has 0 aliphatic rings. The van der Waals surface area contributed by atoms with Crippen molar-refractivity contribution in [2.24, 2.45) is 0 Å². The Morgan fingerprint density at radius 3 is 2.52 bits per heavy atom. The Balaban J connectivity index is 2.04. The van der Waals surface area contributed by atoms with Gasteiger partial charge < -0.3 is 10.1 Å². The Bertz CT molecular complexity index is 746. The lowest BCUT2D eigenvalue weighted by Gasteiger charge is -2.07. The summed E-state index contributed by atoms with van der Waals surface area (Å²) in [6.45, 7) is 2.31. The van der Waals surface area contributed by atoms with Crippen LogP contribution >= 0.6 is 0 Å². The molecule has 0 heterocycles. The van der Waals surface area contributed by atoms with Crippen molar-refractivity contribution in [1.29, 1.82) is 5.26 Å². The van der Waals surface area contributed by atoms with E-state index >= 15 is 0 Å². The number of ether oxygens (including phenoxy) is 1. The molecule has 1 N–H and O–H groups in total. The lowest BCUT2D eigenvalue weighted by Crippen LogP contribution is -2.12. The minimum Gasteiger partial charge on any atom is -0.462 e. The monoisotopic (exact) mass is 308 g/mol. The first-order chi connectivity index (χ1) is 11.1. The number of carbonyl (C=O) groups is 2. The van der Waals surface area contributed by atoms with Crippen LogP contribution in [0.25, 0.3) is 0 Å². The van der Waals surface area contributed by atoms with Gasteiger partial charge in [-0.25, -0.2) is 4.79 Å². The first kappa shape index (κ1) is 16.2. The number of anilines is 1. The minimum absolute atomic E-state index is 0.316. The number of hydrogen-bond acceptors (Lipinski definition) is 4. The van der Waals surface area contributed by atoms with E-state index in [1.807, 2.05) is 13.0 Å². The first-order valence-corrected chi connectivity index (χ1v) is 7.22. The highest BCUT2D eigenvalue weighted by Crippen LogP contribution is 2.13. The van der Waals surface area contributed by atoms with E-state index in [1.165, 1.54) is 6.07 Å². The lowest BCUT2D eigenvalue weighted by molar-refractivity contribution is 0.0505. The summed E-state index contributed by atoms with van der Waals surface area (Å²) in [6.07, 6.45) is 0.766. The number of benzene rings is 2. The van der Waals surface area contributed by atoms with Crippen molar-refractivity contribution in [1.82, 2.24) is 0 Å². The maximum Gasteiger partial charge on any atom is 0.338 e. The molecule has 0 aromatic heterocycles. The van der Waals surface area contributed by atoms with Crippen LogP contribution in [0.3, 0.4) is 0 Å². The molecule has 0 atom stereocenters. The van der Waals surface area contributed by atoms with Crippen molar-refractivity contribution in [3.8, 4) is 6.07 Å². The standard InChI is InChI=1S/C18H16N2O3/c1-2-10-23-18(22)14-6-8-16(9-7-14)20-17(21)15-5-3-4-13(11-15)12-19/h3-9,11H,2,10H2,1H3,(H,20,21). The van der Waals surface area contributed by atoms with Gasteiger partial charge in [-0.15, -0.1) is 0 Å². The van der Waals surface area contributed by atoms with Gasteiger partial charge in [0.05, 0.1) is 23.8 Å². The van der Waals surface area contributed by atoms with Crippen LogP contribution in [0.2, 0.25) is 0 Å². The van der Waals surface area contributed by atoms with Gasteiger partial charge in [-0.05, 0) is 48.9 Å². The van der Waals surface area contributed by atoms with Crippen LogP contribution in [0, 0.1) is 11.3 Å². The maximum absolute atomic E-state index is 12.1. The van der Waals surface area contributed by atoms with Crippen molar-refractivity contribution in [2.45, 2.75) is 13.3 Å². The van der Waals surface area contributed by atoms with Crippen LogP contribution in [-0.4, -0.2) is 18.5 Å². The van der Waals surface area contributed by atoms with Crippen LogP contribution in [0.15, 0.2) is 48.5 Å². The molecule has 2 aromatic rings. The molecule has 2 rings (SSSR count). The Morgan fingerprint density at radius 1 is 1.13 bits per heavy atom. The fourth-order valence-corrected chi connectivity index (χ4v) is 1.90. The molecule has 0 aliphatic carbocycles. The second kappa shape index (κ2) is 7.76. The molecule has 0 aliphatic heterocycles. The van der Waals surface area contributed by atoms with E-state index in [1.54, 1.807) is 42.5 Å². The average molecular weight is 308 g/mol. The van der Waals surface area contributed by atoms with Gasteiger partial charge in [-0.2, -0.15) is 5.26 Å². The van der Waals surface area contributed by atoms with Crippen LogP contribution in [0.1, 0.15) is 39.6 Å². The topological polar surface area (TPSA) is 79.2 Å². The average Bonchev–Trinajstić information content (AvgIpc) is 2.60. The first-order valence-electron chi connectivity index (χ1n) is 7.22. The number of rotatable bonds is 5. The highest BCUT2D eigenvalue weighted by atomic mass is 16.5. The number of carbonyl (C=O) groups excluding carboxylic acids is 2. The van der Waals surface area contributed by atoms with E-state index in [-0.39, 0.29) is 11.9 Å². The van der Waals surface area contributed by atoms with E-state index in [4.69, 9.17) is 10.00 Å². The van der Waals surface area contributed by atoms with Crippen molar-refractivity contribution in [3.05, 3.63) is 65.2 Å². The number of esters is 1. The van der Waals surface area contributed by atoms with Gasteiger partial charge in [-0.1, -0.05) is 13.0 Å². The van der Waals surface area contributed by atoms with Gasteiger partial charge in [0.25, 0.3) is 5.91 Å². The summed E-state index contributed by atoms with van der Waals surface area (Å²) >= 11 is 0. The molecule has 0 saturated carbocycles. The SMILES string of the molecule is CCCOC(=O)c1ccc(NC(=O)c2cccc(C#N)c2)cc1. The molecule has 0 bridgehead atoms. The molecule has 0 radical (unpaired) electrons. The van der Waals surface area contributed by atoms with Gasteiger partial charge in [0.1, 0.15) is 0 Å². The van der Waals surface area contributed by atoms with Crippen molar-refractivity contribution in [2.75, 3.05) is 11.9 Å². The third-order valence-electron chi connectivity index (χ3n) is 3.07. The largest absolute Gasteiger partial charge is 0.462 e. The molecule has 0 unspecified atom stereocenters. The molecule has 0 spiro atoms. The molecule has 0 fully saturated rings. The molecular formula is C18H16N2O3. The van der Waals surface area contributed by atoms with Gasteiger partial charge in [0.15, 0.2) is 0 Å². The van der Waals surface area contributed by atoms with Crippen molar-refractivity contribution in [3.63, 3.8) is 0 Å². The van der Waals surface area contributed by atoms with Crippen LogP contribution in [0.4, 0.5) is 5.69 Å². The summed E-state index contributed by atoms with van der Waals surface area (Å²) in [5.41, 5.74) is 1.81. The Morgan fingerprint density at radius 2 is 1.87 bits per heavy atom. The van der Waals surface area contributed by atoms with Crippen LogP contribution in [-0.2, 0) is 4.74 Å². The van der Waals surface area contributed by atoms with E-state index in [9.17, 15) is 9.59 Å². The number of amides is 1. The molecule has 5 nitrogen and oxygen atoms in total. The number of hydrogen-bond donors (Lipinski definition) is 1. The Hall–Kier alpha value is -3.13. The van der Waals surface area contributed by atoms with Crippen LogP contribution < -0.4 is 5.32 Å². The van der Waals surface area contributed by atoms with Crippen LogP contribution in [0.5, 0.6) is 0 Å². The van der Waals surface area contributed by atoms with Gasteiger partial charge in [0.2, 0.25) is 0 Å². The third kappa shape index (κ3) is 4.42. The van der Waals surface area contributed by atoms with E-state index in [0.29, 0.717) is 29.0 Å². The number of nitrogens with zero attached hydrogens (tertiary/aromatic N) is 1. The van der Waals surface area contributed by atoms with Gasteiger partial charge in [-0.3, -0.25) is 4.79 Å². The summed E-state index contributed by atoms with van der Waals surface area (Å²) in [5.74, 6) is -0.699. The van der Waals surface area contributed by atoms with E-state index in [0.717, 1.165) is 6.42 Å². The van der Waals surface area contributed by atoms with Gasteiger partial charge >= 0.3 is 5.97 Å². The molecule has 5 heteroatoms. The summed E-state index contributed by atoms with van der Waals surface area (Å²) in [4.78, 5) is 23.8. The quantitative estimate of drug-likeness (QED) is 0.859. The molecule has 23 heavy (non-hydrogen) atoms. The molecule has 1 amide bonds. The third-order valence-corrected chi connectivity index (χ3v) is 3.07. The molecule has 0 saturated heterocycles. The molecule has 116 valence electrons. The summed E-state index contributed by atoms with van der Waals surface area (Å²) in [7, 11) is 0. The Kier molecular flexibility index (Phi) is 5.48. The number of nitriles is 1. The summed E-state index contributed by atoms with van der Waals surface area (Å²) < 4.78 is 5.04. The minimum atomic E-state index is -0.383. The van der Waals surface area contributed by atoms with E-state index < -0.39 is 0 Å². The second-order valence-electron chi connectivity index (χ2n) is 4.86. The Labute approximate surface area is 134 Å². The zero-order valence-electron chi connectivity index (χ0n) is 12.7. The smallest absolute Gasteiger partial charge is 0.338 e. The zero-order valence-corrected chi connectivity index (χ0v) is 12.7.